The van der Waals surface area contributed by atoms with Crippen LogP contribution < -0.4 is 11.5 Å². The molecule has 0 aromatic carbocycles. The highest BCUT2D eigenvalue weighted by Gasteiger charge is 2.21. The standard InChI is InChI=1S/C10H12N4/c1-3-6-5(2)4-7-8(6)9(11)14-10(12)13-7/h3H,1,4H2,2H3,(H4,11,12,13,14). The van der Waals surface area contributed by atoms with Gasteiger partial charge in [0.2, 0.25) is 5.95 Å². The Morgan fingerprint density at radius 1 is 1.36 bits per heavy atom. The van der Waals surface area contributed by atoms with Crippen molar-refractivity contribution < 1.29 is 0 Å². The van der Waals surface area contributed by atoms with Gasteiger partial charge in [-0.25, -0.2) is 4.98 Å². The first-order chi connectivity index (χ1) is 6.63. The van der Waals surface area contributed by atoms with E-state index in [9.17, 15) is 0 Å². The zero-order chi connectivity index (χ0) is 10.3. The Morgan fingerprint density at radius 3 is 2.71 bits per heavy atom. The molecule has 0 bridgehead atoms. The molecule has 72 valence electrons. The summed E-state index contributed by atoms with van der Waals surface area (Å²) in [4.78, 5) is 8.10. The summed E-state index contributed by atoms with van der Waals surface area (Å²) in [6, 6.07) is 0. The lowest BCUT2D eigenvalue weighted by atomic mass is 10.1. The smallest absolute Gasteiger partial charge is 0.222 e. The first kappa shape index (κ1) is 8.74. The van der Waals surface area contributed by atoms with Gasteiger partial charge in [-0.1, -0.05) is 18.2 Å². The van der Waals surface area contributed by atoms with E-state index in [0.29, 0.717) is 5.82 Å². The third-order valence-corrected chi connectivity index (χ3v) is 2.40. The fourth-order valence-corrected chi connectivity index (χ4v) is 1.80. The number of nitrogens with zero attached hydrogens (tertiary/aromatic N) is 2. The van der Waals surface area contributed by atoms with Crippen LogP contribution in [0, 0.1) is 0 Å². The van der Waals surface area contributed by atoms with E-state index < -0.39 is 0 Å². The number of allylic oxidation sites excluding steroid dienone is 3. The monoisotopic (exact) mass is 188 g/mol. The molecule has 14 heavy (non-hydrogen) atoms. The van der Waals surface area contributed by atoms with E-state index in [1.54, 1.807) is 6.08 Å². The number of fused-ring (bicyclic) bond motifs is 1. The summed E-state index contributed by atoms with van der Waals surface area (Å²) in [5, 5.41) is 0. The van der Waals surface area contributed by atoms with E-state index in [4.69, 9.17) is 11.5 Å². The Labute approximate surface area is 82.4 Å². The van der Waals surface area contributed by atoms with Crippen molar-refractivity contribution in [3.63, 3.8) is 0 Å². The summed E-state index contributed by atoms with van der Waals surface area (Å²) in [5.41, 5.74) is 15.4. The van der Waals surface area contributed by atoms with Crippen LogP contribution in [0.1, 0.15) is 18.2 Å². The Balaban J connectivity index is 2.68. The molecule has 0 saturated heterocycles. The lowest BCUT2D eigenvalue weighted by Gasteiger charge is -2.04. The van der Waals surface area contributed by atoms with Crippen molar-refractivity contribution in [3.8, 4) is 0 Å². The van der Waals surface area contributed by atoms with Gasteiger partial charge in [0.25, 0.3) is 0 Å². The average molecular weight is 188 g/mol. The molecule has 0 radical (unpaired) electrons. The molecule has 4 heteroatoms. The Kier molecular flexibility index (Phi) is 1.77. The summed E-state index contributed by atoms with van der Waals surface area (Å²) in [6.45, 7) is 5.79. The molecule has 0 fully saturated rings. The summed E-state index contributed by atoms with van der Waals surface area (Å²) in [5.74, 6) is 0.679. The van der Waals surface area contributed by atoms with Gasteiger partial charge >= 0.3 is 0 Å². The van der Waals surface area contributed by atoms with Crippen molar-refractivity contribution in [1.29, 1.82) is 0 Å². The predicted molar refractivity (Wildman–Crippen MR) is 57.4 cm³/mol. The second kappa shape index (κ2) is 2.83. The highest BCUT2D eigenvalue weighted by Crippen LogP contribution is 2.35. The van der Waals surface area contributed by atoms with Crippen LogP contribution in [0.25, 0.3) is 5.57 Å². The van der Waals surface area contributed by atoms with Crippen molar-refractivity contribution >= 4 is 17.3 Å². The Bertz CT molecular complexity index is 446. The average Bonchev–Trinajstić information content (AvgIpc) is 2.40. The number of anilines is 2. The summed E-state index contributed by atoms with van der Waals surface area (Å²) in [7, 11) is 0. The van der Waals surface area contributed by atoms with Gasteiger partial charge in [-0.05, 0) is 12.5 Å². The van der Waals surface area contributed by atoms with E-state index in [2.05, 4.69) is 16.5 Å². The maximum atomic E-state index is 5.79. The molecule has 0 atom stereocenters. The Hall–Kier alpha value is -1.84. The number of hydrogen-bond donors (Lipinski definition) is 2. The molecular weight excluding hydrogens is 176 g/mol. The zero-order valence-corrected chi connectivity index (χ0v) is 8.04. The number of hydrogen-bond acceptors (Lipinski definition) is 4. The fraction of sp³-hybridized carbons (Fsp3) is 0.200. The summed E-state index contributed by atoms with van der Waals surface area (Å²) < 4.78 is 0. The van der Waals surface area contributed by atoms with Gasteiger partial charge in [-0.3, -0.25) is 0 Å². The minimum absolute atomic E-state index is 0.236. The van der Waals surface area contributed by atoms with Crippen molar-refractivity contribution in [1.82, 2.24) is 9.97 Å². The molecule has 0 spiro atoms. The number of nitrogen functional groups attached to an aromatic ring is 2. The van der Waals surface area contributed by atoms with E-state index in [1.807, 2.05) is 6.92 Å². The van der Waals surface area contributed by atoms with Gasteiger partial charge in [-0.2, -0.15) is 4.98 Å². The van der Waals surface area contributed by atoms with E-state index in [1.165, 1.54) is 5.57 Å². The molecule has 1 aromatic heterocycles. The minimum atomic E-state index is 0.236. The SMILES string of the molecule is C=CC1=C(C)Cc2nc(N)nc(N)c21. The highest BCUT2D eigenvalue weighted by atomic mass is 15.0. The van der Waals surface area contributed by atoms with Gasteiger partial charge in [0.15, 0.2) is 0 Å². The molecule has 4 N–H and O–H groups in total. The van der Waals surface area contributed by atoms with Crippen molar-refractivity contribution in [2.75, 3.05) is 11.5 Å². The van der Waals surface area contributed by atoms with Gasteiger partial charge in [-0.15, -0.1) is 0 Å². The van der Waals surface area contributed by atoms with E-state index in [-0.39, 0.29) is 5.95 Å². The normalized spacial score (nSPS) is 14.4. The number of nitrogens with two attached hydrogens (primary N) is 2. The van der Waals surface area contributed by atoms with Crippen LogP contribution in [0.15, 0.2) is 18.2 Å². The molecule has 1 heterocycles. The first-order valence-corrected chi connectivity index (χ1v) is 4.38. The molecule has 0 unspecified atom stereocenters. The van der Waals surface area contributed by atoms with Crippen molar-refractivity contribution in [2.45, 2.75) is 13.3 Å². The molecule has 4 nitrogen and oxygen atoms in total. The molecule has 1 aliphatic rings. The number of aromatic nitrogens is 2. The van der Waals surface area contributed by atoms with Crippen LogP contribution in [0.3, 0.4) is 0 Å². The second-order valence-electron chi connectivity index (χ2n) is 3.36. The molecular formula is C10H12N4. The fourth-order valence-electron chi connectivity index (χ4n) is 1.80. The maximum absolute atomic E-state index is 5.79. The van der Waals surface area contributed by atoms with Crippen LogP contribution in [-0.4, -0.2) is 9.97 Å². The second-order valence-corrected chi connectivity index (χ2v) is 3.36. The van der Waals surface area contributed by atoms with Gasteiger partial charge in [0, 0.05) is 12.0 Å². The first-order valence-electron chi connectivity index (χ1n) is 4.38. The molecule has 1 aromatic rings. The summed E-state index contributed by atoms with van der Waals surface area (Å²) in [6.07, 6.45) is 2.57. The molecule has 0 amide bonds. The summed E-state index contributed by atoms with van der Waals surface area (Å²) >= 11 is 0. The van der Waals surface area contributed by atoms with Crippen molar-refractivity contribution in [2.24, 2.45) is 0 Å². The third kappa shape index (κ3) is 1.08. The highest BCUT2D eigenvalue weighted by molar-refractivity contribution is 5.86. The molecule has 0 aliphatic heterocycles. The predicted octanol–water partition coefficient (Wildman–Crippen LogP) is 1.16. The van der Waals surface area contributed by atoms with Gasteiger partial charge in [0.1, 0.15) is 5.82 Å². The molecule has 2 rings (SSSR count). The quantitative estimate of drug-likeness (QED) is 0.693. The molecule has 1 aliphatic carbocycles. The van der Waals surface area contributed by atoms with Crippen LogP contribution in [0.4, 0.5) is 11.8 Å². The molecule has 0 saturated carbocycles. The lowest BCUT2D eigenvalue weighted by molar-refractivity contribution is 1.05. The lowest BCUT2D eigenvalue weighted by Crippen LogP contribution is -2.05. The Morgan fingerprint density at radius 2 is 2.07 bits per heavy atom. The van der Waals surface area contributed by atoms with Crippen LogP contribution in [-0.2, 0) is 6.42 Å². The van der Waals surface area contributed by atoms with Crippen LogP contribution >= 0.6 is 0 Å². The van der Waals surface area contributed by atoms with Gasteiger partial charge in [0.05, 0.1) is 5.69 Å². The van der Waals surface area contributed by atoms with Crippen LogP contribution in [0.5, 0.6) is 0 Å². The topological polar surface area (TPSA) is 77.8 Å². The third-order valence-electron chi connectivity index (χ3n) is 2.40. The zero-order valence-electron chi connectivity index (χ0n) is 8.04. The van der Waals surface area contributed by atoms with Gasteiger partial charge < -0.3 is 11.5 Å². The van der Waals surface area contributed by atoms with Crippen molar-refractivity contribution in [3.05, 3.63) is 29.5 Å². The maximum Gasteiger partial charge on any atom is 0.222 e. The number of rotatable bonds is 1. The van der Waals surface area contributed by atoms with E-state index >= 15 is 0 Å². The van der Waals surface area contributed by atoms with Crippen LogP contribution in [0.2, 0.25) is 0 Å². The largest absolute Gasteiger partial charge is 0.383 e. The minimum Gasteiger partial charge on any atom is -0.383 e. The van der Waals surface area contributed by atoms with E-state index in [0.717, 1.165) is 23.3 Å².